The lowest BCUT2D eigenvalue weighted by Crippen LogP contribution is -3.00. The van der Waals surface area contributed by atoms with Crippen LogP contribution in [-0.2, 0) is 19.9 Å². The Bertz CT molecular complexity index is 975. The van der Waals surface area contributed by atoms with Gasteiger partial charge in [0.1, 0.15) is 6.54 Å². The van der Waals surface area contributed by atoms with Crippen LogP contribution in [0.3, 0.4) is 0 Å². The van der Waals surface area contributed by atoms with E-state index in [-0.39, 0.29) is 53.3 Å². The number of aromatic nitrogens is 2. The lowest BCUT2D eigenvalue weighted by atomic mass is 9.80. The monoisotopic (exact) mass is 534 g/mol. The summed E-state index contributed by atoms with van der Waals surface area (Å²) in [6.07, 6.45) is 11.1. The number of hydrogen-bond acceptors (Lipinski definition) is 7. The molecule has 2 atom stereocenters. The van der Waals surface area contributed by atoms with Crippen molar-refractivity contribution in [2.45, 2.75) is 50.2 Å². The minimum absolute atomic E-state index is 0. The van der Waals surface area contributed by atoms with Crippen LogP contribution in [0.2, 0.25) is 0 Å². The summed E-state index contributed by atoms with van der Waals surface area (Å²) in [6, 6.07) is 3.35. The molecule has 0 radical (unpaired) electrons. The van der Waals surface area contributed by atoms with E-state index in [0.29, 0.717) is 16.6 Å². The second kappa shape index (κ2) is 10.1. The number of amides is 1. The fourth-order valence-corrected chi connectivity index (χ4v) is 5.98. The van der Waals surface area contributed by atoms with Crippen LogP contribution in [0.4, 0.5) is 5.95 Å². The third kappa shape index (κ3) is 4.76. The highest BCUT2D eigenvalue weighted by Crippen LogP contribution is 2.43. The molecule has 4 aliphatic rings. The summed E-state index contributed by atoms with van der Waals surface area (Å²) in [6.45, 7) is 2.60. The Morgan fingerprint density at radius 1 is 1.18 bits per heavy atom. The molecule has 1 unspecified atom stereocenters. The van der Waals surface area contributed by atoms with Crippen molar-refractivity contribution >= 4 is 17.8 Å². The number of piperidine rings is 3. The summed E-state index contributed by atoms with van der Waals surface area (Å²) in [4.78, 5) is 34.3. The van der Waals surface area contributed by atoms with Gasteiger partial charge in [-0.15, -0.1) is 0 Å². The summed E-state index contributed by atoms with van der Waals surface area (Å²) in [7, 11) is 0. The number of hydrogen-bond donors (Lipinski definition) is 2. The van der Waals surface area contributed by atoms with Crippen LogP contribution in [0.5, 0.6) is 0 Å². The van der Waals surface area contributed by atoms with Crippen LogP contribution in [-0.4, -0.2) is 63.7 Å². The first-order valence-corrected chi connectivity index (χ1v) is 11.9. The zero-order valence-corrected chi connectivity index (χ0v) is 20.7. The summed E-state index contributed by atoms with van der Waals surface area (Å²) >= 11 is 0. The van der Waals surface area contributed by atoms with E-state index in [4.69, 9.17) is 9.15 Å². The van der Waals surface area contributed by atoms with Crippen molar-refractivity contribution < 1.29 is 45.3 Å². The summed E-state index contributed by atoms with van der Waals surface area (Å²) in [5.74, 6) is -0.366. The second-order valence-corrected chi connectivity index (χ2v) is 9.79. The standard InChI is InChI=1S/C24H30N4O5.BrH/c29-21(27-23-25-9-3-10-26-23)15-28-11-6-17(7-12-28)20(14-28)33-22(30)24(31,18-4-1-2-5-18)19-8-13-32-16-19;/h3,8-10,13,16-18,20,31H,1-2,4-7,11-12,14-15H2;1H/t17?,20-,24?,28?;/m0./s1. The molecule has 2 aromatic rings. The summed E-state index contributed by atoms with van der Waals surface area (Å²) < 4.78 is 11.8. The molecule has 2 bridgehead atoms. The number of carbonyl (C=O) groups excluding carboxylic acids is 2. The van der Waals surface area contributed by atoms with E-state index in [9.17, 15) is 14.7 Å². The number of nitrogens with zero attached hydrogens (tertiary/aromatic N) is 3. The third-order valence-corrected chi connectivity index (χ3v) is 7.81. The number of anilines is 1. The number of halogens is 1. The predicted octanol–water partition coefficient (Wildman–Crippen LogP) is -0.758. The molecule has 3 saturated heterocycles. The van der Waals surface area contributed by atoms with Crippen LogP contribution < -0.4 is 22.3 Å². The molecule has 0 spiro atoms. The van der Waals surface area contributed by atoms with Crippen LogP contribution in [0.1, 0.15) is 44.1 Å². The lowest BCUT2D eigenvalue weighted by molar-refractivity contribution is -0.939. The van der Waals surface area contributed by atoms with Crippen molar-refractivity contribution in [1.82, 2.24) is 9.97 Å². The van der Waals surface area contributed by atoms with Crippen LogP contribution in [0.15, 0.2) is 41.5 Å². The first-order valence-electron chi connectivity index (χ1n) is 11.9. The largest absolute Gasteiger partial charge is 1.00 e. The fraction of sp³-hybridized carbons (Fsp3) is 0.583. The molecule has 0 aromatic carbocycles. The molecule has 5 heterocycles. The Morgan fingerprint density at radius 3 is 2.53 bits per heavy atom. The molecular formula is C24H31BrN4O5. The van der Waals surface area contributed by atoms with Gasteiger partial charge >= 0.3 is 5.97 Å². The molecule has 34 heavy (non-hydrogen) atoms. The van der Waals surface area contributed by atoms with Gasteiger partial charge in [-0.3, -0.25) is 10.1 Å². The van der Waals surface area contributed by atoms with Gasteiger partial charge in [-0.05, 0) is 25.0 Å². The molecule has 1 amide bonds. The van der Waals surface area contributed by atoms with Crippen molar-refractivity contribution in [3.05, 3.63) is 42.6 Å². The predicted molar refractivity (Wildman–Crippen MR) is 118 cm³/mol. The summed E-state index contributed by atoms with van der Waals surface area (Å²) in [5, 5.41) is 14.4. The van der Waals surface area contributed by atoms with E-state index in [0.717, 1.165) is 51.6 Å². The van der Waals surface area contributed by atoms with E-state index >= 15 is 0 Å². The van der Waals surface area contributed by atoms with Gasteiger partial charge in [0.05, 0.1) is 25.6 Å². The SMILES string of the molecule is O=C(C[N+]12CCC(CC1)[C@@H](OC(=O)C(O)(c1ccoc1)C1CCCC1)C2)Nc1ncccn1.[Br-]. The maximum absolute atomic E-state index is 13.4. The Morgan fingerprint density at radius 2 is 1.88 bits per heavy atom. The molecule has 6 rings (SSSR count). The van der Waals surface area contributed by atoms with E-state index in [1.807, 2.05) is 0 Å². The first kappa shape index (κ1) is 24.8. The molecule has 2 aromatic heterocycles. The number of fused-ring (bicyclic) bond motifs is 3. The Balaban J connectivity index is 0.00000274. The molecule has 3 aliphatic heterocycles. The molecule has 1 aliphatic carbocycles. The van der Waals surface area contributed by atoms with Crippen molar-refractivity contribution in [2.24, 2.45) is 11.8 Å². The van der Waals surface area contributed by atoms with Crippen LogP contribution in [0, 0.1) is 11.8 Å². The van der Waals surface area contributed by atoms with Gasteiger partial charge in [-0.25, -0.2) is 14.8 Å². The average molecular weight is 535 g/mol. The third-order valence-electron chi connectivity index (χ3n) is 7.81. The number of carbonyl (C=O) groups is 2. The maximum atomic E-state index is 13.4. The highest BCUT2D eigenvalue weighted by Gasteiger charge is 2.53. The quantitative estimate of drug-likeness (QED) is 0.354. The first-order chi connectivity index (χ1) is 16.0. The fourth-order valence-electron chi connectivity index (χ4n) is 5.98. The highest BCUT2D eigenvalue weighted by atomic mass is 79.9. The number of ether oxygens (including phenoxy) is 1. The maximum Gasteiger partial charge on any atom is 0.343 e. The van der Waals surface area contributed by atoms with Crippen molar-refractivity contribution in [3.63, 3.8) is 0 Å². The van der Waals surface area contributed by atoms with Gasteiger partial charge < -0.3 is 35.7 Å². The number of furan rings is 1. The molecular weight excluding hydrogens is 504 g/mol. The van der Waals surface area contributed by atoms with Gasteiger partial charge in [0.25, 0.3) is 5.91 Å². The molecule has 10 heteroatoms. The molecule has 4 fully saturated rings. The number of aliphatic hydroxyl groups is 1. The van der Waals surface area contributed by atoms with E-state index in [1.54, 1.807) is 24.5 Å². The Labute approximate surface area is 209 Å². The Kier molecular flexibility index (Phi) is 7.39. The number of quaternary nitrogens is 1. The zero-order chi connectivity index (χ0) is 22.9. The molecule has 9 nitrogen and oxygen atoms in total. The Hall–Kier alpha value is -2.30. The van der Waals surface area contributed by atoms with E-state index in [2.05, 4.69) is 15.3 Å². The minimum atomic E-state index is -1.69. The highest BCUT2D eigenvalue weighted by molar-refractivity contribution is 5.89. The number of rotatable bonds is 7. The molecule has 1 saturated carbocycles. The van der Waals surface area contributed by atoms with Crippen molar-refractivity contribution in [2.75, 3.05) is 31.5 Å². The van der Waals surface area contributed by atoms with Gasteiger partial charge in [-0.2, -0.15) is 0 Å². The summed E-state index contributed by atoms with van der Waals surface area (Å²) in [5.41, 5.74) is -1.23. The number of nitrogens with one attached hydrogen (secondary N) is 1. The van der Waals surface area contributed by atoms with Gasteiger partial charge in [-0.1, -0.05) is 12.8 Å². The van der Waals surface area contributed by atoms with Gasteiger partial charge in [0.15, 0.2) is 18.2 Å². The van der Waals surface area contributed by atoms with Crippen LogP contribution >= 0.6 is 0 Å². The normalized spacial score (nSPS) is 28.0. The van der Waals surface area contributed by atoms with Crippen LogP contribution in [0.25, 0.3) is 0 Å². The van der Waals surface area contributed by atoms with Gasteiger partial charge in [0.2, 0.25) is 5.95 Å². The smallest absolute Gasteiger partial charge is 0.343 e. The zero-order valence-electron chi connectivity index (χ0n) is 19.1. The topological polar surface area (TPSA) is 115 Å². The van der Waals surface area contributed by atoms with Crippen molar-refractivity contribution in [3.8, 4) is 0 Å². The minimum Gasteiger partial charge on any atom is -1.00 e. The van der Waals surface area contributed by atoms with E-state index in [1.165, 1.54) is 12.5 Å². The number of esters is 1. The molecule has 2 N–H and O–H groups in total. The average Bonchev–Trinajstić information content (AvgIpc) is 3.54. The second-order valence-electron chi connectivity index (χ2n) is 9.79. The molecule has 184 valence electrons. The van der Waals surface area contributed by atoms with E-state index < -0.39 is 11.6 Å². The lowest BCUT2D eigenvalue weighted by Gasteiger charge is -2.51. The van der Waals surface area contributed by atoms with Gasteiger partial charge in [0, 0.05) is 42.6 Å². The van der Waals surface area contributed by atoms with Crippen molar-refractivity contribution in [1.29, 1.82) is 0 Å².